The lowest BCUT2D eigenvalue weighted by Gasteiger charge is -2.07. The molecule has 0 N–H and O–H groups in total. The summed E-state index contributed by atoms with van der Waals surface area (Å²) in [6, 6.07) is 19.1. The average molecular weight is 282 g/mol. The molecule has 0 aliphatic heterocycles. The van der Waals surface area contributed by atoms with Crippen molar-refractivity contribution in [1.82, 2.24) is 0 Å². The molecule has 0 aliphatic rings. The minimum atomic E-state index is 0.698. The van der Waals surface area contributed by atoms with E-state index in [1.807, 2.05) is 0 Å². The molecule has 2 heteroatoms. The topological polar surface area (TPSA) is 9.23 Å². The van der Waals surface area contributed by atoms with Crippen LogP contribution in [-0.2, 0) is 0 Å². The van der Waals surface area contributed by atoms with Crippen LogP contribution in [0.25, 0.3) is 0 Å². The van der Waals surface area contributed by atoms with Gasteiger partial charge in [0.25, 0.3) is 0 Å². The summed E-state index contributed by atoms with van der Waals surface area (Å²) in [6.07, 6.45) is 4.99. The predicted octanol–water partition coefficient (Wildman–Crippen LogP) is 3.30. The Balaban J connectivity index is 1.84. The molecule has 2 radical (unpaired) electrons. The fourth-order valence-electron chi connectivity index (χ4n) is 2.07. The molecule has 0 saturated heterocycles. The van der Waals surface area contributed by atoms with Gasteiger partial charge in [0.2, 0.25) is 0 Å². The lowest BCUT2D eigenvalue weighted by atomic mass is 10.2. The van der Waals surface area contributed by atoms with Gasteiger partial charge in [-0.15, -0.1) is 0 Å². The quantitative estimate of drug-likeness (QED) is 0.533. The van der Waals surface area contributed by atoms with Gasteiger partial charge in [-0.1, -0.05) is 79.0 Å². The summed E-state index contributed by atoms with van der Waals surface area (Å²) in [4.78, 5) is 0. The van der Waals surface area contributed by atoms with E-state index in [9.17, 15) is 0 Å². The fourth-order valence-corrected chi connectivity index (χ4v) is 3.16. The van der Waals surface area contributed by atoms with Crippen LogP contribution in [0.2, 0.25) is 0 Å². The third-order valence-corrected chi connectivity index (χ3v) is 4.38. The van der Waals surface area contributed by atoms with Gasteiger partial charge in [0.15, 0.2) is 0 Å². The Hall–Kier alpha value is -1.54. The largest absolute Gasteiger partial charge is 0.494 e. The third-order valence-electron chi connectivity index (χ3n) is 3.16. The van der Waals surface area contributed by atoms with Crippen molar-refractivity contribution in [1.29, 1.82) is 0 Å². The number of unbranched alkanes of at least 4 members (excludes halogenated alkanes) is 3. The normalized spacial score (nSPS) is 10.4. The molecule has 0 spiro atoms. The average Bonchev–Trinajstić information content (AvgIpc) is 2.48. The molecule has 1 nitrogen and oxygen atoms in total. The van der Waals surface area contributed by atoms with Crippen molar-refractivity contribution < 1.29 is 4.74 Å². The van der Waals surface area contributed by atoms with Gasteiger partial charge in [-0.2, -0.15) is 0 Å². The molecule has 104 valence electrons. The van der Waals surface area contributed by atoms with Gasteiger partial charge in [0.05, 0.1) is 6.61 Å². The van der Waals surface area contributed by atoms with E-state index in [0.29, 0.717) is 9.52 Å². The summed E-state index contributed by atoms with van der Waals surface area (Å²) < 4.78 is 5.84. The number of rotatable bonds is 8. The van der Waals surface area contributed by atoms with Crippen LogP contribution in [0.1, 0.15) is 32.6 Å². The molecule has 0 fully saturated rings. The standard InChI is InChI=1S/C18H22OSi/c1-2-3-4-8-14-19-16-10-9-13-18(15-16)20-17-11-6-5-7-12-17/h5-7,9-13,15H,2-4,8,14H2,1H3. The molecular weight excluding hydrogens is 260 g/mol. The van der Waals surface area contributed by atoms with E-state index < -0.39 is 0 Å². The second-order valence-electron chi connectivity index (χ2n) is 4.93. The lowest BCUT2D eigenvalue weighted by Crippen LogP contribution is -2.26. The minimum Gasteiger partial charge on any atom is -0.494 e. The van der Waals surface area contributed by atoms with Crippen molar-refractivity contribution >= 4 is 19.9 Å². The van der Waals surface area contributed by atoms with E-state index >= 15 is 0 Å². The number of ether oxygens (including phenoxy) is 1. The van der Waals surface area contributed by atoms with Crippen molar-refractivity contribution in [3.8, 4) is 5.75 Å². The predicted molar refractivity (Wildman–Crippen MR) is 87.5 cm³/mol. The van der Waals surface area contributed by atoms with Crippen molar-refractivity contribution in [2.24, 2.45) is 0 Å². The molecule has 0 amide bonds. The van der Waals surface area contributed by atoms with E-state index in [1.54, 1.807) is 0 Å². The van der Waals surface area contributed by atoms with Gasteiger partial charge >= 0.3 is 0 Å². The maximum Gasteiger partial charge on any atom is 0.121 e. The van der Waals surface area contributed by atoms with Gasteiger partial charge in [-0.25, -0.2) is 0 Å². The zero-order valence-electron chi connectivity index (χ0n) is 12.1. The summed E-state index contributed by atoms with van der Waals surface area (Å²) in [5.41, 5.74) is 0. The van der Waals surface area contributed by atoms with E-state index in [4.69, 9.17) is 4.74 Å². The zero-order valence-corrected chi connectivity index (χ0v) is 13.1. The summed E-state index contributed by atoms with van der Waals surface area (Å²) in [5, 5.41) is 2.70. The molecule has 0 unspecified atom stereocenters. The first kappa shape index (κ1) is 14.9. The molecule has 0 saturated carbocycles. The highest BCUT2D eigenvalue weighted by atomic mass is 28.2. The van der Waals surface area contributed by atoms with E-state index in [-0.39, 0.29) is 0 Å². The van der Waals surface area contributed by atoms with Gasteiger partial charge in [-0.3, -0.25) is 0 Å². The molecule has 2 rings (SSSR count). The van der Waals surface area contributed by atoms with Crippen LogP contribution in [0, 0.1) is 0 Å². The van der Waals surface area contributed by atoms with Gasteiger partial charge in [0, 0.05) is 0 Å². The highest BCUT2D eigenvalue weighted by molar-refractivity contribution is 6.67. The van der Waals surface area contributed by atoms with E-state index in [2.05, 4.69) is 61.5 Å². The lowest BCUT2D eigenvalue weighted by molar-refractivity contribution is 0.305. The minimum absolute atomic E-state index is 0.698. The van der Waals surface area contributed by atoms with Crippen molar-refractivity contribution in [2.75, 3.05) is 6.61 Å². The van der Waals surface area contributed by atoms with Crippen LogP contribution in [0.3, 0.4) is 0 Å². The van der Waals surface area contributed by atoms with Crippen LogP contribution in [0.4, 0.5) is 0 Å². The Morgan fingerprint density at radius 1 is 0.850 bits per heavy atom. The Labute approximate surface area is 124 Å². The van der Waals surface area contributed by atoms with Crippen molar-refractivity contribution in [2.45, 2.75) is 32.6 Å². The highest BCUT2D eigenvalue weighted by Gasteiger charge is 2.00. The summed E-state index contributed by atoms with van der Waals surface area (Å²) in [6.45, 7) is 3.06. The van der Waals surface area contributed by atoms with E-state index in [0.717, 1.165) is 18.8 Å². The second kappa shape index (κ2) is 8.59. The molecule has 2 aromatic carbocycles. The Kier molecular flexibility index (Phi) is 6.38. The van der Waals surface area contributed by atoms with Gasteiger partial charge < -0.3 is 4.74 Å². The van der Waals surface area contributed by atoms with Crippen LogP contribution in [-0.4, -0.2) is 16.1 Å². The van der Waals surface area contributed by atoms with Crippen LogP contribution >= 0.6 is 0 Å². The highest BCUT2D eigenvalue weighted by Crippen LogP contribution is 2.08. The number of hydrogen-bond donors (Lipinski definition) is 0. The van der Waals surface area contributed by atoms with Gasteiger partial charge in [0.1, 0.15) is 15.3 Å². The molecule has 0 atom stereocenters. The summed E-state index contributed by atoms with van der Waals surface area (Å²) in [7, 11) is 0.698. The van der Waals surface area contributed by atoms with Crippen molar-refractivity contribution in [3.63, 3.8) is 0 Å². The van der Waals surface area contributed by atoms with E-state index in [1.165, 1.54) is 29.6 Å². The molecule has 2 aromatic rings. The molecule has 20 heavy (non-hydrogen) atoms. The smallest absolute Gasteiger partial charge is 0.121 e. The monoisotopic (exact) mass is 282 g/mol. The summed E-state index contributed by atoms with van der Waals surface area (Å²) >= 11 is 0. The summed E-state index contributed by atoms with van der Waals surface area (Å²) in [5.74, 6) is 1.00. The molecule has 0 heterocycles. The first-order valence-electron chi connectivity index (χ1n) is 7.43. The van der Waals surface area contributed by atoms with Crippen LogP contribution in [0.15, 0.2) is 54.6 Å². The maximum atomic E-state index is 5.84. The number of hydrogen-bond acceptors (Lipinski definition) is 1. The first-order valence-corrected chi connectivity index (χ1v) is 8.43. The van der Waals surface area contributed by atoms with Crippen LogP contribution in [0.5, 0.6) is 5.75 Å². The molecule has 0 aromatic heterocycles. The van der Waals surface area contributed by atoms with Crippen LogP contribution < -0.4 is 15.1 Å². The Morgan fingerprint density at radius 2 is 1.65 bits per heavy atom. The SMILES string of the molecule is CCCCCCOc1cccc([Si]c2ccccc2)c1. The molecular formula is C18H22OSi. The number of benzene rings is 2. The second-order valence-corrected chi connectivity index (χ2v) is 6.33. The molecule has 0 aliphatic carbocycles. The van der Waals surface area contributed by atoms with Crippen molar-refractivity contribution in [3.05, 3.63) is 54.6 Å². The first-order chi connectivity index (χ1) is 9.88. The zero-order chi connectivity index (χ0) is 14.0. The Morgan fingerprint density at radius 3 is 2.45 bits per heavy atom. The fraction of sp³-hybridized carbons (Fsp3) is 0.333. The third kappa shape index (κ3) is 5.22. The molecule has 0 bridgehead atoms. The van der Waals surface area contributed by atoms with Gasteiger partial charge in [-0.05, 0) is 18.6 Å². The maximum absolute atomic E-state index is 5.84. The Bertz CT molecular complexity index is 496.